The average Bonchev–Trinajstić information content (AvgIpc) is 1.97. The Bertz CT molecular complexity index is 241. The Morgan fingerprint density at radius 1 is 1.19 bits per heavy atom. The average molecular weight is 231 g/mol. The minimum atomic E-state index is -0.698. The number of rotatable bonds is 3. The summed E-state index contributed by atoms with van der Waals surface area (Å²) in [6, 6.07) is 0. The molecule has 0 aliphatic carbocycles. The molecule has 0 rings (SSSR count). The highest BCUT2D eigenvalue weighted by Crippen LogP contribution is 2.17. The summed E-state index contributed by atoms with van der Waals surface area (Å²) in [5, 5.41) is 12.6. The summed E-state index contributed by atoms with van der Waals surface area (Å²) in [7, 11) is 0. The van der Waals surface area contributed by atoms with Crippen molar-refractivity contribution in [1.82, 2.24) is 5.32 Å². The molecule has 0 aliphatic heterocycles. The molecule has 4 heteroatoms. The van der Waals surface area contributed by atoms with Crippen molar-refractivity contribution in [3.8, 4) is 0 Å². The Morgan fingerprint density at radius 2 is 1.62 bits per heavy atom. The number of hydrogen-bond donors (Lipinski definition) is 2. The van der Waals surface area contributed by atoms with Crippen LogP contribution in [0.5, 0.6) is 0 Å². The molecule has 0 aliphatic rings. The monoisotopic (exact) mass is 231 g/mol. The first-order valence-corrected chi connectivity index (χ1v) is 5.65. The molecule has 0 saturated carbocycles. The zero-order valence-electron chi connectivity index (χ0n) is 11.4. The third kappa shape index (κ3) is 5.35. The van der Waals surface area contributed by atoms with Crippen molar-refractivity contribution >= 4 is 6.09 Å². The predicted molar refractivity (Wildman–Crippen MR) is 64.3 cm³/mol. The van der Waals surface area contributed by atoms with Gasteiger partial charge in [-0.3, -0.25) is 0 Å². The van der Waals surface area contributed by atoms with Crippen molar-refractivity contribution in [2.24, 2.45) is 5.92 Å². The molecule has 0 aromatic heterocycles. The van der Waals surface area contributed by atoms with Crippen molar-refractivity contribution in [3.63, 3.8) is 0 Å². The molecule has 0 aromatic rings. The lowest BCUT2D eigenvalue weighted by atomic mass is 9.89. The van der Waals surface area contributed by atoms with Gasteiger partial charge >= 0.3 is 6.09 Å². The Labute approximate surface area is 98.4 Å². The zero-order valence-corrected chi connectivity index (χ0v) is 11.4. The Balaban J connectivity index is 4.42. The molecular weight excluding hydrogens is 206 g/mol. The van der Waals surface area contributed by atoms with Gasteiger partial charge in [0.2, 0.25) is 0 Å². The van der Waals surface area contributed by atoms with Gasteiger partial charge in [-0.25, -0.2) is 4.79 Å². The first kappa shape index (κ1) is 15.2. The van der Waals surface area contributed by atoms with Gasteiger partial charge in [-0.15, -0.1) is 0 Å². The van der Waals surface area contributed by atoms with E-state index in [9.17, 15) is 9.90 Å². The molecule has 96 valence electrons. The van der Waals surface area contributed by atoms with Crippen LogP contribution in [-0.4, -0.2) is 28.4 Å². The number of amides is 1. The third-order valence-corrected chi connectivity index (χ3v) is 2.19. The molecule has 0 radical (unpaired) electrons. The number of aliphatic hydroxyl groups is 1. The van der Waals surface area contributed by atoms with E-state index in [0.717, 1.165) is 0 Å². The number of alkyl carbamates (subject to hydrolysis) is 1. The van der Waals surface area contributed by atoms with Crippen molar-refractivity contribution < 1.29 is 14.6 Å². The fourth-order valence-electron chi connectivity index (χ4n) is 1.47. The number of aliphatic hydroxyl groups excluding tert-OH is 1. The van der Waals surface area contributed by atoms with Gasteiger partial charge in [0.25, 0.3) is 0 Å². The summed E-state index contributed by atoms with van der Waals surface area (Å²) in [5.41, 5.74) is -1.22. The van der Waals surface area contributed by atoms with Crippen molar-refractivity contribution in [3.05, 3.63) is 0 Å². The second-order valence-electron chi connectivity index (χ2n) is 6.04. The Hall–Kier alpha value is -0.770. The van der Waals surface area contributed by atoms with Crippen molar-refractivity contribution in [1.29, 1.82) is 0 Å². The van der Waals surface area contributed by atoms with Gasteiger partial charge in [0.1, 0.15) is 5.60 Å². The number of ether oxygens (including phenoxy) is 1. The second kappa shape index (κ2) is 5.04. The van der Waals surface area contributed by atoms with Gasteiger partial charge in [0.05, 0.1) is 11.6 Å². The van der Waals surface area contributed by atoms with E-state index in [1.807, 2.05) is 13.8 Å². The number of carbonyl (C=O) groups is 1. The lowest BCUT2D eigenvalue weighted by Gasteiger charge is -2.34. The van der Waals surface area contributed by atoms with E-state index in [-0.39, 0.29) is 5.92 Å². The maximum Gasteiger partial charge on any atom is 0.408 e. The summed E-state index contributed by atoms with van der Waals surface area (Å²) in [4.78, 5) is 11.6. The van der Waals surface area contributed by atoms with Crippen LogP contribution in [0.3, 0.4) is 0 Å². The summed E-state index contributed by atoms with van der Waals surface area (Å²) in [6.07, 6.45) is -1.11. The maximum atomic E-state index is 11.6. The summed E-state index contributed by atoms with van der Waals surface area (Å²) < 4.78 is 5.14. The normalized spacial score (nSPS) is 14.8. The van der Waals surface area contributed by atoms with Gasteiger partial charge in [0, 0.05) is 0 Å². The van der Waals surface area contributed by atoms with E-state index < -0.39 is 23.3 Å². The topological polar surface area (TPSA) is 58.6 Å². The van der Waals surface area contributed by atoms with E-state index in [1.54, 1.807) is 34.6 Å². The summed E-state index contributed by atoms with van der Waals surface area (Å²) in [5.74, 6) is 0.0740. The van der Waals surface area contributed by atoms with Gasteiger partial charge in [-0.1, -0.05) is 13.8 Å². The largest absolute Gasteiger partial charge is 0.444 e. The Morgan fingerprint density at radius 3 is 1.94 bits per heavy atom. The van der Waals surface area contributed by atoms with Gasteiger partial charge in [-0.2, -0.15) is 0 Å². The number of carbonyl (C=O) groups excluding carboxylic acids is 1. The van der Waals surface area contributed by atoms with Crippen LogP contribution in [-0.2, 0) is 4.74 Å². The molecule has 0 saturated heterocycles. The molecule has 0 aromatic carbocycles. The summed E-state index contributed by atoms with van der Waals surface area (Å²) in [6.45, 7) is 12.8. The van der Waals surface area contributed by atoms with E-state index in [2.05, 4.69) is 5.32 Å². The van der Waals surface area contributed by atoms with Crippen LogP contribution in [0.25, 0.3) is 0 Å². The second-order valence-corrected chi connectivity index (χ2v) is 6.04. The van der Waals surface area contributed by atoms with Crippen LogP contribution in [0.1, 0.15) is 48.5 Å². The van der Waals surface area contributed by atoms with E-state index in [4.69, 9.17) is 4.74 Å². The van der Waals surface area contributed by atoms with E-state index >= 15 is 0 Å². The van der Waals surface area contributed by atoms with Crippen LogP contribution < -0.4 is 5.32 Å². The standard InChI is InChI=1S/C12H25NO3/c1-8(2)9(14)12(6,7)13-10(15)16-11(3,4)5/h8-9,14H,1-7H3,(H,13,15). The molecule has 0 heterocycles. The molecule has 16 heavy (non-hydrogen) atoms. The first-order valence-electron chi connectivity index (χ1n) is 5.65. The molecule has 1 amide bonds. The van der Waals surface area contributed by atoms with Crippen LogP contribution in [0.15, 0.2) is 0 Å². The number of nitrogens with one attached hydrogen (secondary N) is 1. The highest BCUT2D eigenvalue weighted by molar-refractivity contribution is 5.68. The highest BCUT2D eigenvalue weighted by Gasteiger charge is 2.33. The summed E-state index contributed by atoms with van der Waals surface area (Å²) >= 11 is 0. The molecule has 1 atom stereocenters. The van der Waals surface area contributed by atoms with E-state index in [0.29, 0.717) is 0 Å². The highest BCUT2D eigenvalue weighted by atomic mass is 16.6. The van der Waals surface area contributed by atoms with Gasteiger partial charge in [0.15, 0.2) is 0 Å². The fourth-order valence-corrected chi connectivity index (χ4v) is 1.47. The SMILES string of the molecule is CC(C)C(O)C(C)(C)NC(=O)OC(C)(C)C. The van der Waals surface area contributed by atoms with Gasteiger partial charge in [-0.05, 0) is 40.5 Å². The fraction of sp³-hybridized carbons (Fsp3) is 0.917. The molecule has 0 bridgehead atoms. The lowest BCUT2D eigenvalue weighted by Crippen LogP contribution is -2.55. The zero-order chi connectivity index (χ0) is 13.1. The quantitative estimate of drug-likeness (QED) is 0.783. The minimum absolute atomic E-state index is 0.0740. The van der Waals surface area contributed by atoms with Crippen LogP contribution in [0.2, 0.25) is 0 Å². The molecule has 4 nitrogen and oxygen atoms in total. The van der Waals surface area contributed by atoms with Crippen molar-refractivity contribution in [2.75, 3.05) is 0 Å². The minimum Gasteiger partial charge on any atom is -0.444 e. The van der Waals surface area contributed by atoms with Crippen LogP contribution in [0, 0.1) is 5.92 Å². The number of hydrogen-bond acceptors (Lipinski definition) is 3. The smallest absolute Gasteiger partial charge is 0.408 e. The van der Waals surface area contributed by atoms with Crippen LogP contribution >= 0.6 is 0 Å². The van der Waals surface area contributed by atoms with Crippen LogP contribution in [0.4, 0.5) is 4.79 Å². The Kier molecular flexibility index (Phi) is 4.80. The molecule has 2 N–H and O–H groups in total. The molecule has 1 unspecified atom stereocenters. The van der Waals surface area contributed by atoms with E-state index in [1.165, 1.54) is 0 Å². The van der Waals surface area contributed by atoms with Gasteiger partial charge < -0.3 is 15.2 Å². The molecule has 0 fully saturated rings. The molecule has 0 spiro atoms. The predicted octanol–water partition coefficient (Wildman–Crippen LogP) is 2.31. The lowest BCUT2D eigenvalue weighted by molar-refractivity contribution is 0.0160. The molecular formula is C12H25NO3. The third-order valence-electron chi connectivity index (χ3n) is 2.19. The maximum absolute atomic E-state index is 11.6. The first-order chi connectivity index (χ1) is 6.96. The van der Waals surface area contributed by atoms with Crippen molar-refractivity contribution in [2.45, 2.75) is 65.7 Å².